The Kier molecular flexibility index (Phi) is 7.24. The van der Waals surface area contributed by atoms with E-state index in [1.807, 2.05) is 23.1 Å². The lowest BCUT2D eigenvalue weighted by Crippen LogP contribution is -2.52. The summed E-state index contributed by atoms with van der Waals surface area (Å²) in [7, 11) is 3.91. The maximum atomic E-state index is 13.4. The van der Waals surface area contributed by atoms with Crippen LogP contribution in [-0.4, -0.2) is 108 Å². The van der Waals surface area contributed by atoms with Gasteiger partial charge in [-0.05, 0) is 56.1 Å². The average Bonchev–Trinajstić information content (AvgIpc) is 3.45. The quantitative estimate of drug-likeness (QED) is 0.470. The Morgan fingerprint density at radius 3 is 2.58 bits per heavy atom. The van der Waals surface area contributed by atoms with Gasteiger partial charge in [-0.2, -0.15) is 4.98 Å². The van der Waals surface area contributed by atoms with Gasteiger partial charge in [0, 0.05) is 75.7 Å². The molecule has 2 aromatic carbocycles. The summed E-state index contributed by atoms with van der Waals surface area (Å²) >= 11 is 0. The number of hydrogen-bond donors (Lipinski definition) is 2. The predicted molar refractivity (Wildman–Crippen MR) is 166 cm³/mol. The molecule has 7 rings (SSSR count). The number of benzene rings is 2. The number of piperidine rings is 1. The van der Waals surface area contributed by atoms with Crippen molar-refractivity contribution in [2.45, 2.75) is 31.9 Å². The highest BCUT2D eigenvalue weighted by molar-refractivity contribution is 6.14. The third kappa shape index (κ3) is 5.01. The van der Waals surface area contributed by atoms with Gasteiger partial charge < -0.3 is 30.0 Å². The maximum absolute atomic E-state index is 13.4. The van der Waals surface area contributed by atoms with Crippen molar-refractivity contribution in [1.82, 2.24) is 24.7 Å². The zero-order valence-corrected chi connectivity index (χ0v) is 24.8. The van der Waals surface area contributed by atoms with Crippen molar-refractivity contribution in [1.29, 1.82) is 0 Å². The van der Waals surface area contributed by atoms with Gasteiger partial charge in [0.2, 0.25) is 5.95 Å². The van der Waals surface area contributed by atoms with Crippen molar-refractivity contribution < 1.29 is 14.7 Å². The molecule has 0 atom stereocenters. The molecule has 2 amide bonds. The molecule has 11 nitrogen and oxygen atoms in total. The summed E-state index contributed by atoms with van der Waals surface area (Å²) in [6, 6.07) is 11.8. The van der Waals surface area contributed by atoms with Crippen LogP contribution in [0.1, 0.15) is 44.7 Å². The molecular formula is C32H38N8O3. The molecule has 4 aliphatic rings. The highest BCUT2D eigenvalue weighted by Gasteiger charge is 2.35. The molecular weight excluding hydrogens is 544 g/mol. The second-order valence-corrected chi connectivity index (χ2v) is 12.0. The maximum Gasteiger partial charge on any atom is 0.260 e. The fourth-order valence-corrected chi connectivity index (χ4v) is 6.90. The second kappa shape index (κ2) is 11.2. The third-order valence-corrected chi connectivity index (χ3v) is 9.47. The molecule has 2 N–H and O–H groups in total. The molecule has 4 aliphatic heterocycles. The lowest BCUT2D eigenvalue weighted by atomic mass is 10.0. The molecule has 43 heavy (non-hydrogen) atoms. The van der Waals surface area contributed by atoms with Gasteiger partial charge >= 0.3 is 0 Å². The van der Waals surface area contributed by atoms with Crippen LogP contribution in [0.2, 0.25) is 0 Å². The predicted octanol–water partition coefficient (Wildman–Crippen LogP) is 2.85. The summed E-state index contributed by atoms with van der Waals surface area (Å²) in [6.07, 6.45) is 4.47. The number of carbonyl (C=O) groups excluding carboxylic acids is 2. The summed E-state index contributed by atoms with van der Waals surface area (Å²) in [5.41, 5.74) is 5.14. The number of nitrogens with one attached hydrogen (secondary N) is 1. The topological polar surface area (TPSA) is 108 Å². The number of hydrogen-bond acceptors (Lipinski definition) is 9. The largest absolute Gasteiger partial charge is 0.392 e. The number of likely N-dealkylation sites (N-methyl/N-ethyl adjacent to an activating group) is 1. The van der Waals surface area contributed by atoms with Gasteiger partial charge in [-0.1, -0.05) is 12.1 Å². The number of piperazine rings is 1. The van der Waals surface area contributed by atoms with Gasteiger partial charge in [-0.25, -0.2) is 4.98 Å². The van der Waals surface area contributed by atoms with E-state index in [-0.39, 0.29) is 18.4 Å². The molecule has 0 aliphatic carbocycles. The molecule has 1 aromatic heterocycles. The van der Waals surface area contributed by atoms with Gasteiger partial charge in [0.15, 0.2) is 5.82 Å². The monoisotopic (exact) mass is 582 g/mol. The molecule has 3 aromatic rings. The number of likely N-dealkylation sites (tertiary alicyclic amines) is 1. The van der Waals surface area contributed by atoms with E-state index in [2.05, 4.69) is 38.1 Å². The van der Waals surface area contributed by atoms with Crippen LogP contribution >= 0.6 is 0 Å². The number of rotatable bonds is 5. The minimum Gasteiger partial charge on any atom is -0.392 e. The van der Waals surface area contributed by atoms with E-state index in [0.717, 1.165) is 76.3 Å². The van der Waals surface area contributed by atoms with Crippen molar-refractivity contribution in [3.8, 4) is 0 Å². The number of amides is 2. The smallest absolute Gasteiger partial charge is 0.260 e. The van der Waals surface area contributed by atoms with E-state index in [1.165, 1.54) is 0 Å². The normalized spacial score (nSPS) is 19.3. The van der Waals surface area contributed by atoms with Crippen molar-refractivity contribution in [3.63, 3.8) is 0 Å². The van der Waals surface area contributed by atoms with Crippen LogP contribution in [-0.2, 0) is 13.0 Å². The number of para-hydroxylation sites is 1. The number of fused-ring (bicyclic) bond motifs is 2. The number of anilines is 5. The van der Waals surface area contributed by atoms with Crippen molar-refractivity contribution >= 4 is 40.6 Å². The first-order valence-electron chi connectivity index (χ1n) is 15.2. The Labute approximate surface area is 251 Å². The highest BCUT2D eigenvalue weighted by Crippen LogP contribution is 2.44. The van der Waals surface area contributed by atoms with Crippen LogP contribution in [0.25, 0.3) is 0 Å². The summed E-state index contributed by atoms with van der Waals surface area (Å²) < 4.78 is 0. The zero-order chi connectivity index (χ0) is 29.7. The van der Waals surface area contributed by atoms with Crippen molar-refractivity contribution in [2.75, 3.05) is 75.0 Å². The van der Waals surface area contributed by atoms with E-state index >= 15 is 0 Å². The van der Waals surface area contributed by atoms with Crippen LogP contribution in [0.5, 0.6) is 0 Å². The van der Waals surface area contributed by atoms with Crippen LogP contribution < -0.4 is 15.1 Å². The number of aliphatic hydroxyl groups excluding tert-OH is 1. The minimum atomic E-state index is -0.236. The van der Waals surface area contributed by atoms with Gasteiger partial charge in [-0.3, -0.25) is 14.5 Å². The minimum absolute atomic E-state index is 0.00411. The number of aromatic nitrogens is 2. The van der Waals surface area contributed by atoms with E-state index in [1.54, 1.807) is 30.3 Å². The Bertz CT molecular complexity index is 1560. The Hall–Kier alpha value is -4.06. The van der Waals surface area contributed by atoms with E-state index in [9.17, 15) is 14.7 Å². The molecule has 2 saturated heterocycles. The zero-order valence-electron chi connectivity index (χ0n) is 24.8. The Morgan fingerprint density at radius 1 is 1.02 bits per heavy atom. The lowest BCUT2D eigenvalue weighted by Gasteiger charge is -2.42. The van der Waals surface area contributed by atoms with Gasteiger partial charge in [0.1, 0.15) is 5.69 Å². The first-order chi connectivity index (χ1) is 20.9. The molecule has 11 heteroatoms. The van der Waals surface area contributed by atoms with Gasteiger partial charge in [-0.15, -0.1) is 0 Å². The molecule has 0 saturated carbocycles. The molecule has 0 radical (unpaired) electrons. The molecule has 0 bridgehead atoms. The molecule has 0 unspecified atom stereocenters. The van der Waals surface area contributed by atoms with E-state index in [4.69, 9.17) is 4.98 Å². The molecule has 224 valence electrons. The third-order valence-electron chi connectivity index (χ3n) is 9.47. The van der Waals surface area contributed by atoms with E-state index < -0.39 is 0 Å². The van der Waals surface area contributed by atoms with Crippen molar-refractivity contribution in [3.05, 3.63) is 64.8 Å². The highest BCUT2D eigenvalue weighted by atomic mass is 16.3. The molecule has 2 fully saturated rings. The van der Waals surface area contributed by atoms with Crippen LogP contribution in [0.4, 0.5) is 28.8 Å². The fraction of sp³-hybridized carbons (Fsp3) is 0.438. The standard InChI is InChI=1S/C32H38N8O3/c1-36-14-16-38(17-15-36)24-9-11-39(12-10-24)30(42)22-6-7-26(23(18-22)20-41)34-32-33-19-27-29(35-32)40-13-8-21-4-3-5-25(28(21)40)31(43)37(27)2/h3-7,18-19,24,41H,8-17,20H2,1-2H3,(H,33,34,35). The van der Waals surface area contributed by atoms with Crippen molar-refractivity contribution in [2.24, 2.45) is 0 Å². The van der Waals surface area contributed by atoms with Gasteiger partial charge in [0.25, 0.3) is 11.8 Å². The van der Waals surface area contributed by atoms with E-state index in [0.29, 0.717) is 45.9 Å². The average molecular weight is 583 g/mol. The second-order valence-electron chi connectivity index (χ2n) is 12.0. The van der Waals surface area contributed by atoms with Gasteiger partial charge in [0.05, 0.1) is 24.1 Å². The Morgan fingerprint density at radius 2 is 1.81 bits per heavy atom. The fourth-order valence-electron chi connectivity index (χ4n) is 6.90. The summed E-state index contributed by atoms with van der Waals surface area (Å²) in [5, 5.41) is 13.5. The Balaban J connectivity index is 1.08. The SMILES string of the molecule is CN1CCN(C2CCN(C(=O)c3ccc(Nc4ncc5c(n4)N4CCc6cccc(c64)C(=O)N5C)c(CO)c3)CC2)CC1. The first kappa shape index (κ1) is 27.8. The molecule has 5 heterocycles. The van der Waals surface area contributed by atoms with Crippen LogP contribution in [0.15, 0.2) is 42.6 Å². The number of carbonyl (C=O) groups is 2. The number of aliphatic hydroxyl groups is 1. The van der Waals surface area contributed by atoms with Crippen LogP contribution in [0.3, 0.4) is 0 Å². The summed E-state index contributed by atoms with van der Waals surface area (Å²) in [4.78, 5) is 46.6. The summed E-state index contributed by atoms with van der Waals surface area (Å²) in [6.45, 7) is 6.37. The lowest BCUT2D eigenvalue weighted by molar-refractivity contribution is 0.0518. The van der Waals surface area contributed by atoms with Crippen LogP contribution in [0, 0.1) is 0 Å². The summed E-state index contributed by atoms with van der Waals surface area (Å²) in [5.74, 6) is 0.926. The molecule has 0 spiro atoms. The first-order valence-corrected chi connectivity index (χ1v) is 15.2. The number of nitrogens with zero attached hydrogens (tertiary/aromatic N) is 7.